The number of hydrogen-bond donors (Lipinski definition) is 0. The van der Waals surface area contributed by atoms with Crippen molar-refractivity contribution in [2.75, 3.05) is 19.6 Å². The standard InChI is InChI=1S/C20H24N4/c21-23-22-14-8-7-9-17-15-24(16-17)20(18-10-3-1-4-11-18)19-12-5-2-6-13-19/h1-6,10-13,17,20H,7-9,14-16H2. The van der Waals surface area contributed by atoms with E-state index in [2.05, 4.69) is 75.6 Å². The lowest BCUT2D eigenvalue weighted by atomic mass is 9.88. The van der Waals surface area contributed by atoms with Gasteiger partial charge in [0, 0.05) is 24.5 Å². The highest BCUT2D eigenvalue weighted by molar-refractivity contribution is 5.32. The lowest BCUT2D eigenvalue weighted by molar-refractivity contribution is 0.0621. The van der Waals surface area contributed by atoms with Crippen molar-refractivity contribution in [1.29, 1.82) is 0 Å². The van der Waals surface area contributed by atoms with E-state index in [0.29, 0.717) is 12.6 Å². The summed E-state index contributed by atoms with van der Waals surface area (Å²) in [6, 6.07) is 21.9. The number of rotatable bonds is 8. The first-order valence-electron chi connectivity index (χ1n) is 8.73. The monoisotopic (exact) mass is 320 g/mol. The Hall–Kier alpha value is -2.29. The van der Waals surface area contributed by atoms with Gasteiger partial charge in [0.1, 0.15) is 0 Å². The SMILES string of the molecule is [N-]=[N+]=NCCCCC1CN(C(c2ccccc2)c2ccccc2)C1. The number of azide groups is 1. The number of benzene rings is 2. The fourth-order valence-electron chi connectivity index (χ4n) is 3.55. The van der Waals surface area contributed by atoms with Crippen LogP contribution >= 0.6 is 0 Å². The predicted molar refractivity (Wildman–Crippen MR) is 97.7 cm³/mol. The summed E-state index contributed by atoms with van der Waals surface area (Å²) < 4.78 is 0. The quantitative estimate of drug-likeness (QED) is 0.286. The molecule has 1 aliphatic heterocycles. The van der Waals surface area contributed by atoms with Crippen molar-refractivity contribution in [3.63, 3.8) is 0 Å². The first-order valence-corrected chi connectivity index (χ1v) is 8.73. The summed E-state index contributed by atoms with van der Waals surface area (Å²) in [6.07, 6.45) is 3.38. The molecule has 1 aliphatic rings. The Labute approximate surface area is 143 Å². The van der Waals surface area contributed by atoms with E-state index >= 15 is 0 Å². The second-order valence-electron chi connectivity index (χ2n) is 6.49. The van der Waals surface area contributed by atoms with Gasteiger partial charge in [-0.25, -0.2) is 0 Å². The van der Waals surface area contributed by atoms with Gasteiger partial charge in [-0.2, -0.15) is 0 Å². The van der Waals surface area contributed by atoms with E-state index in [1.54, 1.807) is 0 Å². The van der Waals surface area contributed by atoms with Gasteiger partial charge in [-0.3, -0.25) is 4.90 Å². The average Bonchev–Trinajstić information content (AvgIpc) is 2.60. The van der Waals surface area contributed by atoms with Gasteiger partial charge in [-0.15, -0.1) is 0 Å². The largest absolute Gasteiger partial charge is 0.292 e. The normalized spacial score (nSPS) is 15.0. The summed E-state index contributed by atoms with van der Waals surface area (Å²) in [6.45, 7) is 2.93. The molecule has 2 aromatic rings. The Bertz CT molecular complexity index is 619. The molecular formula is C20H24N4. The molecule has 0 bridgehead atoms. The molecule has 3 rings (SSSR count). The highest BCUT2D eigenvalue weighted by Gasteiger charge is 2.33. The molecule has 0 aliphatic carbocycles. The van der Waals surface area contributed by atoms with Crippen LogP contribution in [0.15, 0.2) is 65.8 Å². The highest BCUT2D eigenvalue weighted by Crippen LogP contribution is 2.35. The molecule has 0 unspecified atom stereocenters. The molecule has 0 spiro atoms. The lowest BCUT2D eigenvalue weighted by Crippen LogP contribution is -2.48. The minimum atomic E-state index is 0.354. The number of hydrogen-bond acceptors (Lipinski definition) is 2. The minimum absolute atomic E-state index is 0.354. The molecule has 0 radical (unpaired) electrons. The average molecular weight is 320 g/mol. The van der Waals surface area contributed by atoms with Crippen LogP contribution < -0.4 is 0 Å². The van der Waals surface area contributed by atoms with Crippen LogP contribution in [0.1, 0.15) is 36.4 Å². The Morgan fingerprint density at radius 2 is 1.54 bits per heavy atom. The molecule has 0 amide bonds. The maximum Gasteiger partial charge on any atom is 0.0602 e. The zero-order valence-electron chi connectivity index (χ0n) is 14.0. The molecule has 1 saturated heterocycles. The summed E-state index contributed by atoms with van der Waals surface area (Å²) in [4.78, 5) is 5.38. The maximum atomic E-state index is 8.30. The molecule has 4 heteroatoms. The van der Waals surface area contributed by atoms with Gasteiger partial charge >= 0.3 is 0 Å². The van der Waals surface area contributed by atoms with E-state index in [4.69, 9.17) is 5.53 Å². The predicted octanol–water partition coefficient (Wildman–Crippen LogP) is 5.19. The molecular weight excluding hydrogens is 296 g/mol. The van der Waals surface area contributed by atoms with Crippen LogP contribution in [-0.2, 0) is 0 Å². The van der Waals surface area contributed by atoms with Gasteiger partial charge < -0.3 is 0 Å². The lowest BCUT2D eigenvalue weighted by Gasteiger charge is -2.45. The van der Waals surface area contributed by atoms with E-state index in [-0.39, 0.29) is 0 Å². The van der Waals surface area contributed by atoms with Crippen LogP contribution in [0.25, 0.3) is 10.4 Å². The van der Waals surface area contributed by atoms with E-state index < -0.39 is 0 Å². The van der Waals surface area contributed by atoms with Crippen molar-refractivity contribution in [3.05, 3.63) is 82.2 Å². The first kappa shape index (κ1) is 16.6. The summed E-state index contributed by atoms with van der Waals surface area (Å²) in [5.41, 5.74) is 11.0. The molecule has 4 nitrogen and oxygen atoms in total. The van der Waals surface area contributed by atoms with Gasteiger partial charge in [-0.05, 0) is 35.4 Å². The van der Waals surface area contributed by atoms with Crippen LogP contribution in [-0.4, -0.2) is 24.5 Å². The van der Waals surface area contributed by atoms with E-state index in [1.165, 1.54) is 17.5 Å². The van der Waals surface area contributed by atoms with Gasteiger partial charge in [-0.1, -0.05) is 72.2 Å². The Morgan fingerprint density at radius 1 is 0.958 bits per heavy atom. The van der Waals surface area contributed by atoms with Crippen molar-refractivity contribution in [2.24, 2.45) is 11.0 Å². The van der Waals surface area contributed by atoms with Crippen molar-refractivity contribution in [2.45, 2.75) is 25.3 Å². The molecule has 24 heavy (non-hydrogen) atoms. The fourth-order valence-corrected chi connectivity index (χ4v) is 3.55. The van der Waals surface area contributed by atoms with E-state index in [1.807, 2.05) is 0 Å². The highest BCUT2D eigenvalue weighted by atomic mass is 15.2. The molecule has 1 heterocycles. The maximum absolute atomic E-state index is 8.30. The molecule has 0 saturated carbocycles. The number of likely N-dealkylation sites (tertiary alicyclic amines) is 1. The zero-order chi connectivity index (χ0) is 16.6. The van der Waals surface area contributed by atoms with E-state index in [0.717, 1.165) is 31.8 Å². The number of nitrogens with zero attached hydrogens (tertiary/aromatic N) is 4. The zero-order valence-corrected chi connectivity index (χ0v) is 14.0. The van der Waals surface area contributed by atoms with Crippen LogP contribution in [0.2, 0.25) is 0 Å². The van der Waals surface area contributed by atoms with Gasteiger partial charge in [0.25, 0.3) is 0 Å². The minimum Gasteiger partial charge on any atom is -0.292 e. The smallest absolute Gasteiger partial charge is 0.0602 e. The van der Waals surface area contributed by atoms with Crippen molar-refractivity contribution in [1.82, 2.24) is 4.90 Å². The Kier molecular flexibility index (Phi) is 5.89. The molecule has 2 aromatic carbocycles. The van der Waals surface area contributed by atoms with Crippen molar-refractivity contribution >= 4 is 0 Å². The molecule has 124 valence electrons. The third kappa shape index (κ3) is 4.16. The first-order chi connectivity index (χ1) is 11.9. The van der Waals surface area contributed by atoms with Crippen molar-refractivity contribution in [3.8, 4) is 0 Å². The topological polar surface area (TPSA) is 52.0 Å². The fraction of sp³-hybridized carbons (Fsp3) is 0.400. The third-order valence-electron chi connectivity index (χ3n) is 4.76. The van der Waals surface area contributed by atoms with Crippen LogP contribution in [0.3, 0.4) is 0 Å². The molecule has 0 N–H and O–H groups in total. The summed E-state index contributed by atoms with van der Waals surface area (Å²) >= 11 is 0. The second-order valence-corrected chi connectivity index (χ2v) is 6.49. The van der Waals surface area contributed by atoms with Crippen molar-refractivity contribution < 1.29 is 0 Å². The van der Waals surface area contributed by atoms with E-state index in [9.17, 15) is 0 Å². The summed E-state index contributed by atoms with van der Waals surface area (Å²) in [5.74, 6) is 0.769. The molecule has 0 atom stereocenters. The van der Waals surface area contributed by atoms with Crippen LogP contribution in [0, 0.1) is 5.92 Å². The van der Waals surface area contributed by atoms with Crippen LogP contribution in [0.4, 0.5) is 0 Å². The Morgan fingerprint density at radius 3 is 2.08 bits per heavy atom. The Balaban J connectivity index is 1.59. The second kappa shape index (κ2) is 8.53. The van der Waals surface area contributed by atoms with Gasteiger partial charge in [0.2, 0.25) is 0 Å². The van der Waals surface area contributed by atoms with Gasteiger partial charge in [0.05, 0.1) is 6.04 Å². The van der Waals surface area contributed by atoms with Crippen LogP contribution in [0.5, 0.6) is 0 Å². The third-order valence-corrected chi connectivity index (χ3v) is 4.76. The summed E-state index contributed by atoms with van der Waals surface area (Å²) in [5, 5.41) is 3.61. The number of unbranched alkanes of at least 4 members (excludes halogenated alkanes) is 1. The molecule has 1 fully saturated rings. The summed E-state index contributed by atoms with van der Waals surface area (Å²) in [7, 11) is 0. The molecule has 0 aromatic heterocycles. The van der Waals surface area contributed by atoms with Gasteiger partial charge in [0.15, 0.2) is 0 Å².